The molecule has 0 aliphatic rings. The summed E-state index contributed by atoms with van der Waals surface area (Å²) in [7, 11) is 2.63. The first-order valence-corrected chi connectivity index (χ1v) is 10.0. The van der Waals surface area contributed by atoms with Crippen LogP contribution >= 0.6 is 23.5 Å². The first-order valence-electron chi connectivity index (χ1n) is 8.04. The molecule has 29 heavy (non-hydrogen) atoms. The largest absolute Gasteiger partial charge is 0.505 e. The number of hydrogen-bond acceptors (Lipinski definition) is 11. The number of ether oxygens (including phenoxy) is 3. The van der Waals surface area contributed by atoms with E-state index >= 15 is 0 Å². The second kappa shape index (κ2) is 13.4. The maximum atomic E-state index is 10.9. The van der Waals surface area contributed by atoms with Gasteiger partial charge in [-0.2, -0.15) is 0 Å². The van der Waals surface area contributed by atoms with E-state index in [2.05, 4.69) is 19.4 Å². The Kier molecular flexibility index (Phi) is 11.2. The lowest BCUT2D eigenvalue weighted by Gasteiger charge is -2.06. The van der Waals surface area contributed by atoms with Gasteiger partial charge in [0.15, 0.2) is 5.75 Å². The second-order valence-corrected chi connectivity index (χ2v) is 6.89. The van der Waals surface area contributed by atoms with E-state index in [1.54, 1.807) is 30.6 Å². The minimum atomic E-state index is -0.423. The van der Waals surface area contributed by atoms with E-state index in [1.165, 1.54) is 27.2 Å². The van der Waals surface area contributed by atoms with Crippen molar-refractivity contribution in [3.63, 3.8) is 0 Å². The van der Waals surface area contributed by atoms with Gasteiger partial charge in [-0.1, -0.05) is 23.5 Å². The van der Waals surface area contributed by atoms with Gasteiger partial charge < -0.3 is 19.3 Å². The maximum Gasteiger partial charge on any atom is 0.316 e. The number of pyridine rings is 2. The Morgan fingerprint density at radius 1 is 0.931 bits per heavy atom. The molecule has 0 bridgehead atoms. The first-order chi connectivity index (χ1) is 13.9. The Bertz CT molecular complexity index is 833. The molecule has 2 aromatic heterocycles. The molecule has 0 radical (unpaired) electrons. The second-order valence-electron chi connectivity index (χ2n) is 4.96. The van der Waals surface area contributed by atoms with Crippen molar-refractivity contribution in [1.29, 1.82) is 0 Å². The van der Waals surface area contributed by atoms with Gasteiger partial charge in [0, 0.05) is 19.3 Å². The number of rotatable bonds is 7. The number of hydrogen-bond donors (Lipinski definition) is 1. The van der Waals surface area contributed by atoms with Crippen LogP contribution in [0.2, 0.25) is 0 Å². The van der Waals surface area contributed by atoms with Gasteiger partial charge >= 0.3 is 17.9 Å². The molecular formula is C18H20N2O7S2. The van der Waals surface area contributed by atoms with Crippen LogP contribution in [-0.4, -0.2) is 58.7 Å². The minimum Gasteiger partial charge on any atom is -0.505 e. The predicted octanol–water partition coefficient (Wildman–Crippen LogP) is 2.32. The third kappa shape index (κ3) is 9.81. The van der Waals surface area contributed by atoms with E-state index in [0.717, 1.165) is 23.5 Å². The maximum absolute atomic E-state index is 10.9. The van der Waals surface area contributed by atoms with Crippen LogP contribution in [0.15, 0.2) is 46.7 Å². The van der Waals surface area contributed by atoms with E-state index < -0.39 is 5.97 Å². The molecule has 0 spiro atoms. The molecule has 2 aromatic rings. The number of methoxy groups -OCH3 is 2. The Hall–Kier alpha value is -2.79. The number of thioether (sulfide) groups is 2. The molecule has 0 aromatic carbocycles. The molecular weight excluding hydrogens is 420 g/mol. The fourth-order valence-corrected chi connectivity index (χ4v) is 3.07. The zero-order chi connectivity index (χ0) is 21.6. The third-order valence-corrected chi connectivity index (χ3v) is 4.78. The van der Waals surface area contributed by atoms with Gasteiger partial charge in [0.2, 0.25) is 0 Å². The summed E-state index contributed by atoms with van der Waals surface area (Å²) in [5, 5.41) is 10.2. The number of carbonyl (C=O) groups is 3. The lowest BCUT2D eigenvalue weighted by atomic mass is 10.5. The van der Waals surface area contributed by atoms with Crippen molar-refractivity contribution in [1.82, 2.24) is 9.97 Å². The van der Waals surface area contributed by atoms with Crippen LogP contribution in [0.5, 0.6) is 11.5 Å². The molecule has 2 rings (SSSR count). The summed E-state index contributed by atoms with van der Waals surface area (Å²) >= 11 is 2.30. The first kappa shape index (κ1) is 24.2. The molecule has 0 amide bonds. The molecule has 0 aliphatic carbocycles. The van der Waals surface area contributed by atoms with Gasteiger partial charge in [-0.05, 0) is 24.3 Å². The predicted molar refractivity (Wildman–Crippen MR) is 107 cm³/mol. The number of nitrogens with zero attached hydrogens (tertiary/aromatic N) is 2. The van der Waals surface area contributed by atoms with Crippen molar-refractivity contribution in [2.24, 2.45) is 0 Å². The molecule has 0 fully saturated rings. The van der Waals surface area contributed by atoms with Crippen molar-refractivity contribution in [3.05, 3.63) is 36.7 Å². The molecule has 1 N–H and O–H groups in total. The quantitative estimate of drug-likeness (QED) is 0.503. The van der Waals surface area contributed by atoms with Crippen LogP contribution in [0.4, 0.5) is 0 Å². The summed E-state index contributed by atoms with van der Waals surface area (Å²) < 4.78 is 13.9. The van der Waals surface area contributed by atoms with E-state index in [9.17, 15) is 19.5 Å². The zero-order valence-corrected chi connectivity index (χ0v) is 17.6. The monoisotopic (exact) mass is 440 g/mol. The molecule has 0 saturated carbocycles. The van der Waals surface area contributed by atoms with E-state index in [0.29, 0.717) is 15.8 Å². The normalized spacial score (nSPS) is 9.62. The van der Waals surface area contributed by atoms with E-state index in [-0.39, 0.29) is 29.2 Å². The smallest absolute Gasteiger partial charge is 0.316 e. The Labute approximate surface area is 176 Å². The van der Waals surface area contributed by atoms with Gasteiger partial charge in [-0.3, -0.25) is 14.4 Å². The van der Waals surface area contributed by atoms with Gasteiger partial charge in [0.05, 0.1) is 25.7 Å². The molecule has 0 atom stereocenters. The molecule has 2 heterocycles. The highest BCUT2D eigenvalue weighted by molar-refractivity contribution is 8.00. The molecule has 9 nitrogen and oxygen atoms in total. The summed E-state index contributed by atoms with van der Waals surface area (Å²) in [5.41, 5.74) is 0. The van der Waals surface area contributed by atoms with Crippen LogP contribution in [0.1, 0.15) is 6.92 Å². The van der Waals surface area contributed by atoms with Crippen LogP contribution < -0.4 is 4.74 Å². The number of esters is 3. The standard InChI is InChI=1S/C10H11NO4S.C8H9NO3S/c1-7(12)15-8-4-3-5-11-10(8)16-6-9(13)14-2;1-12-7(11)5-13-8-6(10)3-2-4-9-8/h3-5H,6H2,1-2H3;2-4,10H,5H2,1H3. The summed E-state index contributed by atoms with van der Waals surface area (Å²) in [5.74, 6) is -0.407. The third-order valence-electron chi connectivity index (χ3n) is 2.85. The average molecular weight is 440 g/mol. The number of carbonyl (C=O) groups excluding carboxylic acids is 3. The van der Waals surface area contributed by atoms with Crippen molar-refractivity contribution >= 4 is 41.4 Å². The van der Waals surface area contributed by atoms with Crippen LogP contribution in [0.3, 0.4) is 0 Å². The SMILES string of the molecule is COC(=O)CSc1ncccc1O.COC(=O)CSc1ncccc1OC(C)=O. The highest BCUT2D eigenvalue weighted by Crippen LogP contribution is 2.26. The molecule has 156 valence electrons. The van der Waals surface area contributed by atoms with Crippen molar-refractivity contribution in [2.45, 2.75) is 17.0 Å². The highest BCUT2D eigenvalue weighted by atomic mass is 32.2. The van der Waals surface area contributed by atoms with Gasteiger partial charge in [0.25, 0.3) is 0 Å². The van der Waals surface area contributed by atoms with Gasteiger partial charge in [-0.15, -0.1) is 0 Å². The summed E-state index contributed by atoms with van der Waals surface area (Å²) in [6.07, 6.45) is 3.12. The molecule has 0 unspecified atom stereocenters. The van der Waals surface area contributed by atoms with Gasteiger partial charge in [0.1, 0.15) is 15.8 Å². The summed E-state index contributed by atoms with van der Waals surface area (Å²) in [4.78, 5) is 40.4. The van der Waals surface area contributed by atoms with E-state index in [1.807, 2.05) is 0 Å². The van der Waals surface area contributed by atoms with Crippen molar-refractivity contribution in [2.75, 3.05) is 25.7 Å². The Morgan fingerprint density at radius 2 is 1.45 bits per heavy atom. The fraction of sp³-hybridized carbons (Fsp3) is 0.278. The summed E-state index contributed by atoms with van der Waals surface area (Å²) in [6, 6.07) is 6.42. The van der Waals surface area contributed by atoms with Gasteiger partial charge in [-0.25, -0.2) is 9.97 Å². The van der Waals surface area contributed by atoms with Crippen molar-refractivity contribution < 1.29 is 33.7 Å². The molecule has 0 aliphatic heterocycles. The van der Waals surface area contributed by atoms with Crippen LogP contribution in [-0.2, 0) is 23.9 Å². The van der Waals surface area contributed by atoms with Crippen LogP contribution in [0, 0.1) is 0 Å². The number of aromatic nitrogens is 2. The Morgan fingerprint density at radius 3 is 1.97 bits per heavy atom. The topological polar surface area (TPSA) is 125 Å². The average Bonchev–Trinajstić information content (AvgIpc) is 2.72. The van der Waals surface area contributed by atoms with Crippen LogP contribution in [0.25, 0.3) is 0 Å². The fourth-order valence-electron chi connectivity index (χ4n) is 1.58. The molecule has 11 heteroatoms. The van der Waals surface area contributed by atoms with E-state index in [4.69, 9.17) is 4.74 Å². The van der Waals surface area contributed by atoms with Crippen molar-refractivity contribution in [3.8, 4) is 11.5 Å². The highest BCUT2D eigenvalue weighted by Gasteiger charge is 2.10. The summed E-state index contributed by atoms with van der Waals surface area (Å²) in [6.45, 7) is 1.31. The zero-order valence-electron chi connectivity index (χ0n) is 16.0. The minimum absolute atomic E-state index is 0.0800. The lowest BCUT2D eigenvalue weighted by Crippen LogP contribution is -2.06. The number of aromatic hydroxyl groups is 1. The Balaban J connectivity index is 0.000000296. The molecule has 0 saturated heterocycles. The lowest BCUT2D eigenvalue weighted by molar-refractivity contribution is -0.138.